The van der Waals surface area contributed by atoms with Crippen LogP contribution < -0.4 is 5.32 Å². The highest BCUT2D eigenvalue weighted by molar-refractivity contribution is 5.94. The number of hydrogen-bond donors (Lipinski definition) is 1. The zero-order valence-electron chi connectivity index (χ0n) is 8.88. The Balaban J connectivity index is 2.93. The minimum Gasteiger partial charge on any atom is -0.307 e. The number of carbonyl (C=O) groups excluding carboxylic acids is 1. The predicted octanol–water partition coefficient (Wildman–Crippen LogP) is 2.02. The third-order valence-corrected chi connectivity index (χ3v) is 2.26. The fourth-order valence-corrected chi connectivity index (χ4v) is 1.45. The summed E-state index contributed by atoms with van der Waals surface area (Å²) in [6.07, 6.45) is 0. The first-order valence-corrected chi connectivity index (χ1v) is 4.68. The largest absolute Gasteiger partial charge is 0.307 e. The summed E-state index contributed by atoms with van der Waals surface area (Å²) in [4.78, 5) is 11.3. The van der Waals surface area contributed by atoms with Crippen LogP contribution in [-0.2, 0) is 4.79 Å². The molecule has 0 spiro atoms. The minimum atomic E-state index is -0.407. The Hall–Kier alpha value is -1.48. The molecule has 1 atom stereocenters. The lowest BCUT2D eigenvalue weighted by atomic mass is 9.98. The molecule has 0 saturated heterocycles. The van der Waals surface area contributed by atoms with E-state index >= 15 is 0 Å². The molecule has 0 bridgehead atoms. The molecule has 0 aliphatic rings. The number of likely N-dealkylation sites (N-methyl/N-ethyl adjacent to an activating group) is 1. The highest BCUT2D eigenvalue weighted by atomic mass is 19.1. The van der Waals surface area contributed by atoms with E-state index < -0.39 is 6.04 Å². The number of hydrogen-bond acceptors (Lipinski definition) is 2. The van der Waals surface area contributed by atoms with Crippen LogP contribution in [0.1, 0.15) is 12.5 Å². The first-order valence-electron chi connectivity index (χ1n) is 4.68. The molecule has 0 fully saturated rings. The molecule has 1 aromatic rings. The average Bonchev–Trinajstić information content (AvgIpc) is 2.19. The zero-order valence-corrected chi connectivity index (χ0v) is 8.88. The standard InChI is InChI=1S/C12H14FNO/c1-8(12(14-3)9(2)15)10-4-6-11(13)7-5-10/h4-7,12,14H,1H2,2-3H3/t12-/m1/s1. The van der Waals surface area contributed by atoms with Crippen LogP contribution in [0.4, 0.5) is 4.39 Å². The average molecular weight is 207 g/mol. The highest BCUT2D eigenvalue weighted by Gasteiger charge is 2.16. The van der Waals surface area contributed by atoms with E-state index in [0.29, 0.717) is 5.57 Å². The summed E-state index contributed by atoms with van der Waals surface area (Å²) in [5.74, 6) is -0.304. The fourth-order valence-electron chi connectivity index (χ4n) is 1.45. The number of Topliss-reactive ketones (excluding diaryl/α,β-unsaturated/α-hetero) is 1. The summed E-state index contributed by atoms with van der Waals surface area (Å²) in [6, 6.07) is 5.53. The predicted molar refractivity (Wildman–Crippen MR) is 59.0 cm³/mol. The molecule has 2 nitrogen and oxygen atoms in total. The molecular formula is C12H14FNO. The van der Waals surface area contributed by atoms with E-state index in [-0.39, 0.29) is 11.6 Å². The van der Waals surface area contributed by atoms with E-state index in [1.54, 1.807) is 19.2 Å². The van der Waals surface area contributed by atoms with Gasteiger partial charge < -0.3 is 5.32 Å². The van der Waals surface area contributed by atoms with Gasteiger partial charge in [0.2, 0.25) is 0 Å². The smallest absolute Gasteiger partial charge is 0.151 e. The maximum Gasteiger partial charge on any atom is 0.151 e. The quantitative estimate of drug-likeness (QED) is 0.818. The first kappa shape index (κ1) is 11.6. The van der Waals surface area contributed by atoms with Crippen LogP contribution in [-0.4, -0.2) is 18.9 Å². The molecular weight excluding hydrogens is 193 g/mol. The molecule has 0 amide bonds. The van der Waals surface area contributed by atoms with Crippen molar-refractivity contribution in [1.29, 1.82) is 0 Å². The molecule has 0 unspecified atom stereocenters. The van der Waals surface area contributed by atoms with Crippen LogP contribution in [0, 0.1) is 5.82 Å². The monoisotopic (exact) mass is 207 g/mol. The SMILES string of the molecule is C=C(c1ccc(F)cc1)[C@@H](NC)C(C)=O. The molecule has 80 valence electrons. The zero-order chi connectivity index (χ0) is 11.4. The molecule has 0 heterocycles. The van der Waals surface area contributed by atoms with Gasteiger partial charge in [0.05, 0.1) is 6.04 Å². The van der Waals surface area contributed by atoms with E-state index in [2.05, 4.69) is 11.9 Å². The van der Waals surface area contributed by atoms with Crippen LogP contribution in [0.5, 0.6) is 0 Å². The molecule has 1 aromatic carbocycles. The van der Waals surface area contributed by atoms with Crippen LogP contribution in [0.2, 0.25) is 0 Å². The lowest BCUT2D eigenvalue weighted by Gasteiger charge is -2.15. The van der Waals surface area contributed by atoms with Crippen LogP contribution in [0.3, 0.4) is 0 Å². The van der Waals surface area contributed by atoms with Gasteiger partial charge in [0.1, 0.15) is 5.82 Å². The summed E-state index contributed by atoms with van der Waals surface area (Å²) in [5, 5.41) is 2.87. The van der Waals surface area contributed by atoms with E-state index in [1.165, 1.54) is 19.1 Å². The van der Waals surface area contributed by atoms with Gasteiger partial charge >= 0.3 is 0 Å². The molecule has 0 aromatic heterocycles. The van der Waals surface area contributed by atoms with Gasteiger partial charge in [0, 0.05) is 0 Å². The lowest BCUT2D eigenvalue weighted by Crippen LogP contribution is -2.33. The van der Waals surface area contributed by atoms with Gasteiger partial charge in [-0.1, -0.05) is 18.7 Å². The number of benzene rings is 1. The molecule has 1 N–H and O–H groups in total. The maximum atomic E-state index is 12.7. The number of ketones is 1. The van der Waals surface area contributed by atoms with Gasteiger partial charge in [-0.05, 0) is 37.2 Å². The normalized spacial score (nSPS) is 12.2. The molecule has 3 heteroatoms. The molecule has 15 heavy (non-hydrogen) atoms. The molecule has 0 radical (unpaired) electrons. The fraction of sp³-hybridized carbons (Fsp3) is 0.250. The Labute approximate surface area is 88.8 Å². The number of carbonyl (C=O) groups is 1. The minimum absolute atomic E-state index is 0.00757. The van der Waals surface area contributed by atoms with E-state index in [1.807, 2.05) is 0 Å². The Morgan fingerprint density at radius 1 is 1.40 bits per heavy atom. The number of nitrogens with one attached hydrogen (secondary N) is 1. The van der Waals surface area contributed by atoms with Crippen LogP contribution in [0.15, 0.2) is 30.8 Å². The van der Waals surface area contributed by atoms with Crippen molar-refractivity contribution < 1.29 is 9.18 Å². The van der Waals surface area contributed by atoms with E-state index in [9.17, 15) is 9.18 Å². The Kier molecular flexibility index (Phi) is 3.74. The Morgan fingerprint density at radius 2 is 1.93 bits per heavy atom. The molecule has 0 aliphatic carbocycles. The van der Waals surface area contributed by atoms with Gasteiger partial charge in [0.25, 0.3) is 0 Å². The lowest BCUT2D eigenvalue weighted by molar-refractivity contribution is -0.117. The topological polar surface area (TPSA) is 29.1 Å². The molecule has 1 rings (SSSR count). The third-order valence-electron chi connectivity index (χ3n) is 2.26. The van der Waals surface area contributed by atoms with Gasteiger partial charge in [-0.15, -0.1) is 0 Å². The second kappa shape index (κ2) is 4.84. The first-order chi connectivity index (χ1) is 7.06. The summed E-state index contributed by atoms with van der Waals surface area (Å²) in [6.45, 7) is 5.34. The third kappa shape index (κ3) is 2.73. The van der Waals surface area contributed by atoms with Crippen molar-refractivity contribution in [3.8, 4) is 0 Å². The van der Waals surface area contributed by atoms with Crippen molar-refractivity contribution >= 4 is 11.4 Å². The van der Waals surface area contributed by atoms with Crippen molar-refractivity contribution in [3.63, 3.8) is 0 Å². The molecule has 0 aliphatic heterocycles. The van der Waals surface area contributed by atoms with Crippen molar-refractivity contribution in [2.24, 2.45) is 0 Å². The second-order valence-corrected chi connectivity index (χ2v) is 3.36. The van der Waals surface area contributed by atoms with Gasteiger partial charge in [-0.3, -0.25) is 4.79 Å². The van der Waals surface area contributed by atoms with Crippen LogP contribution >= 0.6 is 0 Å². The summed E-state index contributed by atoms with van der Waals surface area (Å²) in [7, 11) is 1.70. The van der Waals surface area contributed by atoms with Crippen molar-refractivity contribution in [3.05, 3.63) is 42.2 Å². The van der Waals surface area contributed by atoms with E-state index in [4.69, 9.17) is 0 Å². The van der Waals surface area contributed by atoms with Crippen molar-refractivity contribution in [2.45, 2.75) is 13.0 Å². The summed E-state index contributed by atoms with van der Waals surface area (Å²) < 4.78 is 12.7. The highest BCUT2D eigenvalue weighted by Crippen LogP contribution is 2.17. The second-order valence-electron chi connectivity index (χ2n) is 3.36. The summed E-state index contributed by atoms with van der Waals surface area (Å²) in [5.41, 5.74) is 1.43. The van der Waals surface area contributed by atoms with E-state index in [0.717, 1.165) is 5.56 Å². The molecule has 0 saturated carbocycles. The van der Waals surface area contributed by atoms with Gasteiger partial charge in [-0.25, -0.2) is 4.39 Å². The van der Waals surface area contributed by atoms with Crippen molar-refractivity contribution in [2.75, 3.05) is 7.05 Å². The summed E-state index contributed by atoms with van der Waals surface area (Å²) >= 11 is 0. The Morgan fingerprint density at radius 3 is 2.33 bits per heavy atom. The van der Waals surface area contributed by atoms with Gasteiger partial charge in [0.15, 0.2) is 5.78 Å². The van der Waals surface area contributed by atoms with Gasteiger partial charge in [-0.2, -0.15) is 0 Å². The van der Waals surface area contributed by atoms with Crippen LogP contribution in [0.25, 0.3) is 5.57 Å². The number of rotatable bonds is 4. The maximum absolute atomic E-state index is 12.7. The number of halogens is 1. The van der Waals surface area contributed by atoms with Crippen molar-refractivity contribution in [1.82, 2.24) is 5.32 Å². The Bertz CT molecular complexity index is 370.